The number of nitrogens with zero attached hydrogens (tertiary/aromatic N) is 2. The van der Waals surface area contributed by atoms with Gasteiger partial charge >= 0.3 is 0 Å². The molecule has 106 valence electrons. The monoisotopic (exact) mass is 252 g/mol. The summed E-state index contributed by atoms with van der Waals surface area (Å²) in [6.07, 6.45) is 5.52. The number of hydrogen-bond acceptors (Lipinski definition) is 2. The van der Waals surface area contributed by atoms with Crippen LogP contribution in [0.2, 0.25) is 0 Å². The van der Waals surface area contributed by atoms with Gasteiger partial charge in [0.25, 0.3) is 0 Å². The van der Waals surface area contributed by atoms with Gasteiger partial charge in [-0.3, -0.25) is 9.80 Å². The van der Waals surface area contributed by atoms with Crippen LogP contribution in [0.1, 0.15) is 60.3 Å². The summed E-state index contributed by atoms with van der Waals surface area (Å²) < 4.78 is 0. The van der Waals surface area contributed by atoms with Crippen molar-refractivity contribution in [3.05, 3.63) is 0 Å². The lowest BCUT2D eigenvalue weighted by Crippen LogP contribution is -2.65. The minimum atomic E-state index is 0.360. The van der Waals surface area contributed by atoms with Gasteiger partial charge in [-0.2, -0.15) is 0 Å². The fourth-order valence-electron chi connectivity index (χ4n) is 3.68. The number of fused-ring (bicyclic) bond motifs is 1. The summed E-state index contributed by atoms with van der Waals surface area (Å²) in [6, 6.07) is 1.58. The molecule has 2 atom stereocenters. The Bertz CT molecular complexity index is 272. The van der Waals surface area contributed by atoms with Crippen molar-refractivity contribution < 1.29 is 0 Å². The van der Waals surface area contributed by atoms with Crippen molar-refractivity contribution in [2.45, 2.75) is 77.9 Å². The van der Waals surface area contributed by atoms with Gasteiger partial charge in [-0.15, -0.1) is 0 Å². The Labute approximate surface area is 114 Å². The Morgan fingerprint density at radius 3 is 2.50 bits per heavy atom. The van der Waals surface area contributed by atoms with Crippen LogP contribution < -0.4 is 0 Å². The summed E-state index contributed by atoms with van der Waals surface area (Å²) in [5.41, 5.74) is 0.360. The van der Waals surface area contributed by atoms with Gasteiger partial charge in [-0.1, -0.05) is 27.2 Å². The quantitative estimate of drug-likeness (QED) is 0.760. The minimum Gasteiger partial charge on any atom is -0.298 e. The summed E-state index contributed by atoms with van der Waals surface area (Å²) in [7, 11) is 0. The molecule has 2 nitrogen and oxygen atoms in total. The maximum Gasteiger partial charge on any atom is 0.0252 e. The van der Waals surface area contributed by atoms with Crippen LogP contribution in [-0.4, -0.2) is 47.1 Å². The Kier molecular flexibility index (Phi) is 4.38. The van der Waals surface area contributed by atoms with Gasteiger partial charge in [-0.25, -0.2) is 0 Å². The zero-order valence-electron chi connectivity index (χ0n) is 13.1. The first-order valence-corrected chi connectivity index (χ1v) is 7.96. The van der Waals surface area contributed by atoms with Crippen molar-refractivity contribution in [1.82, 2.24) is 9.80 Å². The van der Waals surface area contributed by atoms with Crippen LogP contribution in [0.5, 0.6) is 0 Å². The third-order valence-corrected chi connectivity index (χ3v) is 5.39. The lowest BCUT2D eigenvalue weighted by atomic mass is 9.86. The zero-order valence-corrected chi connectivity index (χ0v) is 13.1. The molecule has 0 aromatic heterocycles. The highest BCUT2D eigenvalue weighted by Crippen LogP contribution is 2.33. The van der Waals surface area contributed by atoms with Gasteiger partial charge in [0.2, 0.25) is 0 Å². The lowest BCUT2D eigenvalue weighted by molar-refractivity contribution is -0.0577. The molecule has 2 saturated heterocycles. The van der Waals surface area contributed by atoms with Gasteiger partial charge in [0.15, 0.2) is 0 Å². The molecule has 2 rings (SSSR count). The predicted octanol–water partition coefficient (Wildman–Crippen LogP) is 3.37. The number of piperazine rings is 1. The molecule has 0 radical (unpaired) electrons. The molecule has 2 heteroatoms. The first-order chi connectivity index (χ1) is 8.45. The van der Waals surface area contributed by atoms with Gasteiger partial charge < -0.3 is 0 Å². The van der Waals surface area contributed by atoms with E-state index in [-0.39, 0.29) is 0 Å². The fraction of sp³-hybridized carbons (Fsp3) is 1.00. The largest absolute Gasteiger partial charge is 0.298 e. The molecule has 0 aromatic carbocycles. The molecule has 2 aliphatic rings. The average Bonchev–Trinajstić information content (AvgIpc) is 2.37. The summed E-state index contributed by atoms with van der Waals surface area (Å²) >= 11 is 0. The lowest BCUT2D eigenvalue weighted by Gasteiger charge is -2.55. The van der Waals surface area contributed by atoms with Crippen molar-refractivity contribution in [3.63, 3.8) is 0 Å². The Hall–Kier alpha value is -0.0800. The van der Waals surface area contributed by atoms with Crippen LogP contribution in [0.15, 0.2) is 0 Å². The first kappa shape index (κ1) is 14.3. The Morgan fingerprint density at radius 2 is 1.89 bits per heavy atom. The van der Waals surface area contributed by atoms with Crippen LogP contribution in [0.3, 0.4) is 0 Å². The second kappa shape index (κ2) is 5.50. The van der Waals surface area contributed by atoms with Gasteiger partial charge in [-0.05, 0) is 45.6 Å². The third kappa shape index (κ3) is 2.75. The van der Waals surface area contributed by atoms with E-state index < -0.39 is 0 Å². The molecule has 18 heavy (non-hydrogen) atoms. The highest BCUT2D eigenvalue weighted by molar-refractivity contribution is 4.97. The van der Waals surface area contributed by atoms with E-state index >= 15 is 0 Å². The van der Waals surface area contributed by atoms with Crippen LogP contribution in [0.4, 0.5) is 0 Å². The van der Waals surface area contributed by atoms with E-state index in [1.54, 1.807) is 0 Å². The van der Waals surface area contributed by atoms with E-state index in [1.165, 1.54) is 45.3 Å². The summed E-state index contributed by atoms with van der Waals surface area (Å²) in [5, 5.41) is 0. The molecule has 2 fully saturated rings. The fourth-order valence-corrected chi connectivity index (χ4v) is 3.68. The summed E-state index contributed by atoms with van der Waals surface area (Å²) in [6.45, 7) is 15.9. The Morgan fingerprint density at radius 1 is 1.17 bits per heavy atom. The molecule has 0 saturated carbocycles. The van der Waals surface area contributed by atoms with Crippen LogP contribution in [0, 0.1) is 5.92 Å². The van der Waals surface area contributed by atoms with E-state index in [2.05, 4.69) is 44.4 Å². The van der Waals surface area contributed by atoms with E-state index in [4.69, 9.17) is 0 Å². The van der Waals surface area contributed by atoms with Crippen LogP contribution >= 0.6 is 0 Å². The molecule has 0 aromatic rings. The highest BCUT2D eigenvalue weighted by Gasteiger charge is 2.41. The molecule has 0 spiro atoms. The molecule has 2 unspecified atom stereocenters. The minimum absolute atomic E-state index is 0.360. The topological polar surface area (TPSA) is 6.48 Å². The normalized spacial score (nSPS) is 31.7. The summed E-state index contributed by atoms with van der Waals surface area (Å²) in [5.74, 6) is 0.763. The van der Waals surface area contributed by atoms with E-state index in [1.807, 2.05) is 0 Å². The third-order valence-electron chi connectivity index (χ3n) is 5.39. The molecular weight excluding hydrogens is 220 g/mol. The molecule has 0 N–H and O–H groups in total. The number of hydrogen-bond donors (Lipinski definition) is 0. The second-order valence-corrected chi connectivity index (χ2v) is 7.27. The predicted molar refractivity (Wildman–Crippen MR) is 78.9 cm³/mol. The maximum absolute atomic E-state index is 2.82. The Balaban J connectivity index is 2.15. The summed E-state index contributed by atoms with van der Waals surface area (Å²) in [4.78, 5) is 5.60. The van der Waals surface area contributed by atoms with Crippen LogP contribution in [-0.2, 0) is 0 Å². The van der Waals surface area contributed by atoms with Gasteiger partial charge in [0.1, 0.15) is 0 Å². The SMILES string of the molecule is CCC(C)(C)N1CC2CCCCN2CC1C(C)C. The smallest absolute Gasteiger partial charge is 0.0252 e. The molecular formula is C16H32N2. The second-order valence-electron chi connectivity index (χ2n) is 7.27. The molecule has 0 amide bonds. The van der Waals surface area contributed by atoms with E-state index in [9.17, 15) is 0 Å². The van der Waals surface area contributed by atoms with Gasteiger partial charge in [0, 0.05) is 30.7 Å². The molecule has 2 aliphatic heterocycles. The molecule has 0 aliphatic carbocycles. The molecule has 2 heterocycles. The highest BCUT2D eigenvalue weighted by atomic mass is 15.3. The average molecular weight is 252 g/mol. The van der Waals surface area contributed by atoms with Crippen molar-refractivity contribution >= 4 is 0 Å². The van der Waals surface area contributed by atoms with Crippen molar-refractivity contribution in [1.29, 1.82) is 0 Å². The van der Waals surface area contributed by atoms with Crippen molar-refractivity contribution in [3.8, 4) is 0 Å². The van der Waals surface area contributed by atoms with Gasteiger partial charge in [0.05, 0.1) is 0 Å². The van der Waals surface area contributed by atoms with Crippen LogP contribution in [0.25, 0.3) is 0 Å². The maximum atomic E-state index is 2.82. The van der Waals surface area contributed by atoms with E-state index in [0.29, 0.717) is 5.54 Å². The van der Waals surface area contributed by atoms with E-state index in [0.717, 1.165) is 18.0 Å². The first-order valence-electron chi connectivity index (χ1n) is 7.96. The number of rotatable bonds is 3. The standard InChI is InChI=1S/C16H32N2/c1-6-16(4,5)18-11-14-9-7-8-10-17(14)12-15(18)13(2)3/h13-15H,6-12H2,1-5H3. The molecule has 0 bridgehead atoms. The zero-order chi connectivity index (χ0) is 13.3. The van der Waals surface area contributed by atoms with Crippen molar-refractivity contribution in [2.24, 2.45) is 5.92 Å². The van der Waals surface area contributed by atoms with Crippen molar-refractivity contribution in [2.75, 3.05) is 19.6 Å². The number of piperidine rings is 1.